The molecule has 6 aliphatic rings. The molecule has 6 amide bonds. The van der Waals surface area contributed by atoms with Gasteiger partial charge in [-0.05, 0) is 77.3 Å². The van der Waals surface area contributed by atoms with Gasteiger partial charge in [0.25, 0.3) is 0 Å². The summed E-state index contributed by atoms with van der Waals surface area (Å²) in [6, 6.07) is -6.24. The second kappa shape index (κ2) is 61.2. The lowest BCUT2D eigenvalue weighted by molar-refractivity contribution is -0.145. The minimum atomic E-state index is -1.22. The molecular formula is C80H156N8O30. The summed E-state index contributed by atoms with van der Waals surface area (Å²) in [5.41, 5.74) is 0. The summed E-state index contributed by atoms with van der Waals surface area (Å²) in [6.07, 6.45) is -0.0431. The van der Waals surface area contributed by atoms with E-state index in [9.17, 15) is 131 Å². The topological polar surface area (TPSA) is 645 Å². The fraction of sp³-hybridized carbons (Fsp3) is 0.925. The second-order valence-electron chi connectivity index (χ2n) is 32.3. The summed E-state index contributed by atoms with van der Waals surface area (Å²) in [6.45, 7) is 18.4. The zero-order valence-corrected chi connectivity index (χ0v) is 71.4. The van der Waals surface area contributed by atoms with Crippen LogP contribution in [-0.4, -0.2) is 397 Å². The summed E-state index contributed by atoms with van der Waals surface area (Å²) in [5, 5.41) is 230. The molecule has 4 saturated carbocycles. The maximum absolute atomic E-state index is 11.7. The van der Waals surface area contributed by atoms with E-state index in [0.29, 0.717) is 78.0 Å². The number of carbonyl (C=O) groups excluding carboxylic acids is 6. The minimum absolute atomic E-state index is 0.105. The van der Waals surface area contributed by atoms with E-state index in [4.69, 9.17) is 19.7 Å². The van der Waals surface area contributed by atoms with Gasteiger partial charge in [0.15, 0.2) is 0 Å². The van der Waals surface area contributed by atoms with Gasteiger partial charge in [-0.3, -0.25) is 38.6 Å². The molecule has 2 heterocycles. The van der Waals surface area contributed by atoms with Crippen molar-refractivity contribution in [3.8, 4) is 0 Å². The molecule has 6 fully saturated rings. The molecule has 696 valence electrons. The van der Waals surface area contributed by atoms with E-state index in [2.05, 4.69) is 45.7 Å². The van der Waals surface area contributed by atoms with Crippen molar-refractivity contribution in [2.45, 2.75) is 318 Å². The van der Waals surface area contributed by atoms with Crippen molar-refractivity contribution in [3.63, 3.8) is 0 Å². The third kappa shape index (κ3) is 35.8. The predicted molar refractivity (Wildman–Crippen MR) is 432 cm³/mol. The number of amides is 6. The molecule has 30 atom stereocenters. The van der Waals surface area contributed by atoms with Gasteiger partial charge in [0.1, 0.15) is 36.6 Å². The molecule has 0 spiro atoms. The molecule has 4 aliphatic carbocycles. The first-order chi connectivity index (χ1) is 56.0. The van der Waals surface area contributed by atoms with Crippen molar-refractivity contribution in [2.24, 2.45) is 47.3 Å². The summed E-state index contributed by atoms with van der Waals surface area (Å²) in [4.78, 5) is 71.9. The standard InChI is InChI=1S/2C14H27NO5.2C13H26N2O5.2C13H25NO5/c2*1-3-4-5-20-8-11-6-10(7-16)13(18)14(19)12(11)15-9(2)17;2*1-3-4-5-15-9(6-16)11(14-8(2)18)13(20)12(19)10(15)7-17;2*1-2-3-4-10(17)14-11-8(6-15)5-9(7-16)12(18)13(11)19/h2*10-14,16,18-19H,3-8H2,1-2H3,(H,15,17);2*9-13,16-17,19-20H,3-7H2,1-2H3,(H,14,18);2*8-9,11-13,15-16,18-19H,2-7H2,1H3,(H,14,17)/t10-,11+,12+,13-,14-;10-,11-,12+,13-,14-;9-,10+,11-,12+,13+;9-,10-,11+,12-,13-;8-,9+,11-,12+,13+;8-,9-,11+,12-,13-/m110101/s1. The van der Waals surface area contributed by atoms with E-state index < -0.39 is 146 Å². The number of aliphatic hydroxyl groups excluding tert-OH is 22. The van der Waals surface area contributed by atoms with E-state index in [0.717, 1.165) is 77.0 Å². The molecular weight excluding hydrogens is 1550 g/mol. The SMILES string of the molecule is CCCCC(=O)N[C@H]1[C@@H](CO)C[C@H](CO)[C@@H](O)[C@@H]1O.CCCCC(=O)N[C@H]1[C@H](CO)C[C@H](CO)[C@@H](O)[C@@H]1O.CCCCN1[C@H](CO)[C@@H](O)[C@H](O)[C@@H](NC(C)=O)[C@@H]1CO.CCCCN1[C@H](CO)[C@@H](O)[C@H](O)[C@@H](NC(C)=O)[C@H]1CO.CCCCOC[C@@H]1C[C@H](CO)[C@@H](O)[C@H](O)[C@H]1NC(C)=O.CCCCOC[C@H]1C[C@H](CO)[C@@H](O)[C@H](O)[C@H]1NC(C)=O. The van der Waals surface area contributed by atoms with Gasteiger partial charge < -0.3 is 154 Å². The molecule has 0 aromatic rings. The van der Waals surface area contributed by atoms with Crippen molar-refractivity contribution in [1.29, 1.82) is 0 Å². The average molecular weight is 1710 g/mol. The Morgan fingerprint density at radius 2 is 0.500 bits per heavy atom. The van der Waals surface area contributed by atoms with Gasteiger partial charge in [0.2, 0.25) is 35.4 Å². The maximum atomic E-state index is 11.7. The quantitative estimate of drug-likeness (QED) is 0.0256. The number of hydrogen-bond donors (Lipinski definition) is 28. The van der Waals surface area contributed by atoms with E-state index in [1.54, 1.807) is 9.80 Å². The molecule has 0 aromatic carbocycles. The molecule has 0 bridgehead atoms. The number of unbranched alkanes of at least 4 members (excludes halogenated alkanes) is 6. The lowest BCUT2D eigenvalue weighted by atomic mass is 9.75. The van der Waals surface area contributed by atoms with Crippen LogP contribution in [0, 0.1) is 47.3 Å². The van der Waals surface area contributed by atoms with Crippen molar-refractivity contribution in [3.05, 3.63) is 0 Å². The Morgan fingerprint density at radius 1 is 0.271 bits per heavy atom. The summed E-state index contributed by atoms with van der Waals surface area (Å²) in [7, 11) is 0. The van der Waals surface area contributed by atoms with Crippen LogP contribution in [0.3, 0.4) is 0 Å². The first kappa shape index (κ1) is 112. The number of rotatable bonds is 38. The van der Waals surface area contributed by atoms with Crippen LogP contribution in [0.2, 0.25) is 0 Å². The first-order valence-corrected chi connectivity index (χ1v) is 42.7. The van der Waals surface area contributed by atoms with Crippen LogP contribution in [0.1, 0.15) is 185 Å². The van der Waals surface area contributed by atoms with E-state index in [-0.39, 0.29) is 137 Å². The Kier molecular flexibility index (Phi) is 57.9. The third-order valence-corrected chi connectivity index (χ3v) is 23.3. The highest BCUT2D eigenvalue weighted by Crippen LogP contribution is 2.35. The second-order valence-corrected chi connectivity index (χ2v) is 32.3. The Morgan fingerprint density at radius 3 is 0.729 bits per heavy atom. The van der Waals surface area contributed by atoms with Gasteiger partial charge >= 0.3 is 0 Å². The van der Waals surface area contributed by atoms with Crippen molar-refractivity contribution < 1.29 is 151 Å². The number of ether oxygens (including phenoxy) is 2. The molecule has 28 N–H and O–H groups in total. The van der Waals surface area contributed by atoms with Crippen LogP contribution in [0.25, 0.3) is 0 Å². The Labute approximate surface area is 696 Å². The van der Waals surface area contributed by atoms with Crippen molar-refractivity contribution in [2.75, 3.05) is 106 Å². The predicted octanol–water partition coefficient (Wildman–Crippen LogP) is -6.58. The molecule has 38 heteroatoms. The highest BCUT2D eigenvalue weighted by molar-refractivity contribution is 5.77. The number of carbonyl (C=O) groups is 6. The van der Waals surface area contributed by atoms with Crippen LogP contribution in [0.5, 0.6) is 0 Å². The third-order valence-electron chi connectivity index (χ3n) is 23.3. The molecule has 2 saturated heterocycles. The first-order valence-electron chi connectivity index (χ1n) is 42.7. The molecule has 38 nitrogen and oxygen atoms in total. The Bertz CT molecular complexity index is 2520. The summed E-state index contributed by atoms with van der Waals surface area (Å²) in [5.74, 6) is -4.12. The number of aliphatic hydroxyl groups is 22. The van der Waals surface area contributed by atoms with Crippen LogP contribution in [-0.2, 0) is 38.2 Å². The average Bonchev–Trinajstić information content (AvgIpc) is 0.781. The molecule has 0 unspecified atom stereocenters. The molecule has 0 aromatic heterocycles. The van der Waals surface area contributed by atoms with Crippen LogP contribution >= 0.6 is 0 Å². The minimum Gasteiger partial charge on any atom is -0.396 e. The highest BCUT2D eigenvalue weighted by atomic mass is 16.5. The number of nitrogens with zero attached hydrogens (tertiary/aromatic N) is 2. The van der Waals surface area contributed by atoms with Crippen LogP contribution < -0.4 is 31.9 Å². The number of hydrogen-bond acceptors (Lipinski definition) is 32. The Hall–Kier alpha value is -4.22. The van der Waals surface area contributed by atoms with Gasteiger partial charge in [0, 0.05) is 141 Å². The highest BCUT2D eigenvalue weighted by Gasteiger charge is 2.51. The number of piperidine rings is 2. The Balaban J connectivity index is 0.000000708. The monoisotopic (exact) mass is 1710 g/mol. The van der Waals surface area contributed by atoms with E-state index in [1.165, 1.54) is 27.7 Å². The fourth-order valence-corrected chi connectivity index (χ4v) is 16.3. The summed E-state index contributed by atoms with van der Waals surface area (Å²) < 4.78 is 11.2. The van der Waals surface area contributed by atoms with Crippen molar-refractivity contribution >= 4 is 35.4 Å². The smallest absolute Gasteiger partial charge is 0.220 e. The zero-order chi connectivity index (χ0) is 89.6. The molecule has 6 rings (SSSR count). The summed E-state index contributed by atoms with van der Waals surface area (Å²) >= 11 is 0. The van der Waals surface area contributed by atoms with Crippen molar-refractivity contribution in [1.82, 2.24) is 41.7 Å². The van der Waals surface area contributed by atoms with Gasteiger partial charge in [-0.15, -0.1) is 0 Å². The molecule has 2 aliphatic heterocycles. The van der Waals surface area contributed by atoms with Gasteiger partial charge in [0.05, 0.1) is 137 Å². The van der Waals surface area contributed by atoms with Gasteiger partial charge in [-0.2, -0.15) is 0 Å². The number of nitrogens with one attached hydrogen (secondary N) is 6. The van der Waals surface area contributed by atoms with E-state index >= 15 is 0 Å². The largest absolute Gasteiger partial charge is 0.396 e. The van der Waals surface area contributed by atoms with Gasteiger partial charge in [-0.1, -0.05) is 80.1 Å². The number of likely N-dealkylation sites (tertiary alicyclic amines) is 2. The normalized spacial score (nSPS) is 34.7. The van der Waals surface area contributed by atoms with E-state index in [1.807, 2.05) is 27.7 Å². The lowest BCUT2D eigenvalue weighted by Crippen LogP contribution is -2.72. The maximum Gasteiger partial charge on any atom is 0.220 e. The molecule has 118 heavy (non-hydrogen) atoms. The zero-order valence-electron chi connectivity index (χ0n) is 71.4. The van der Waals surface area contributed by atoms with Crippen LogP contribution in [0.15, 0.2) is 0 Å². The van der Waals surface area contributed by atoms with Crippen LogP contribution in [0.4, 0.5) is 0 Å². The fourth-order valence-electron chi connectivity index (χ4n) is 16.3. The lowest BCUT2D eigenvalue weighted by Gasteiger charge is -2.50. The van der Waals surface area contributed by atoms with Gasteiger partial charge in [-0.25, -0.2) is 0 Å². The molecule has 0 radical (unpaired) electrons.